The number of carbonyl (C=O) groups excluding carboxylic acids is 2. The molecule has 1 atom stereocenters. The van der Waals surface area contributed by atoms with Gasteiger partial charge in [-0.2, -0.15) is 0 Å². The molecule has 4 aliphatic rings. The predicted octanol–water partition coefficient (Wildman–Crippen LogP) is 2.68. The molecule has 2 bridgehead atoms. The minimum Gasteiger partial charge on any atom is -0.484 e. The fourth-order valence-electron chi connectivity index (χ4n) is 5.24. The van der Waals surface area contributed by atoms with Crippen molar-refractivity contribution < 1.29 is 28.6 Å². The first kappa shape index (κ1) is 24.0. The lowest BCUT2D eigenvalue weighted by molar-refractivity contribution is -0.153. The second-order valence-corrected chi connectivity index (χ2v) is 10.2. The Bertz CT molecular complexity index is 1160. The number of fused-ring (bicyclic) bond motifs is 1. The van der Waals surface area contributed by atoms with E-state index in [0.29, 0.717) is 43.1 Å². The van der Waals surface area contributed by atoms with E-state index in [-0.39, 0.29) is 46.9 Å². The first-order chi connectivity index (χ1) is 16.7. The van der Waals surface area contributed by atoms with E-state index in [1.165, 1.54) is 12.1 Å². The van der Waals surface area contributed by atoms with Crippen molar-refractivity contribution >= 4 is 40.7 Å². The van der Waals surface area contributed by atoms with Crippen LogP contribution in [0, 0.1) is 5.82 Å². The lowest BCUT2D eigenvalue weighted by Gasteiger charge is -2.70. The van der Waals surface area contributed by atoms with Crippen LogP contribution in [0.3, 0.4) is 0 Å². The van der Waals surface area contributed by atoms with Crippen molar-refractivity contribution in [2.45, 2.75) is 36.4 Å². The Kier molecular flexibility index (Phi) is 6.19. The molecule has 1 aliphatic heterocycles. The Morgan fingerprint density at radius 2 is 1.89 bits per heavy atom. The highest BCUT2D eigenvalue weighted by Gasteiger charge is 2.69. The molecule has 0 radical (unpaired) electrons. The predicted molar refractivity (Wildman–Crippen MR) is 128 cm³/mol. The zero-order chi connectivity index (χ0) is 24.8. The van der Waals surface area contributed by atoms with Gasteiger partial charge >= 0.3 is 0 Å². The van der Waals surface area contributed by atoms with Crippen LogP contribution in [-0.4, -0.2) is 60.4 Å². The Morgan fingerprint density at radius 3 is 2.60 bits per heavy atom. The van der Waals surface area contributed by atoms with Crippen LogP contribution in [0.25, 0.3) is 0 Å². The van der Waals surface area contributed by atoms with Crippen LogP contribution in [0.5, 0.6) is 11.5 Å². The fraction of sp³-hybridized carbons (Fsp3) is 0.417. The molecule has 0 spiro atoms. The van der Waals surface area contributed by atoms with E-state index in [9.17, 15) is 19.1 Å². The van der Waals surface area contributed by atoms with Crippen LogP contribution in [0.2, 0.25) is 10.0 Å². The lowest BCUT2D eigenvalue weighted by Crippen LogP contribution is -2.84. The Labute approximate surface area is 211 Å². The topological polar surface area (TPSA) is 100 Å². The molecule has 3 N–H and O–H groups in total. The number of anilines is 1. The van der Waals surface area contributed by atoms with Crippen molar-refractivity contribution in [3.05, 3.63) is 52.3 Å². The van der Waals surface area contributed by atoms with E-state index in [4.69, 9.17) is 32.7 Å². The molecule has 6 rings (SSSR count). The average Bonchev–Trinajstić information content (AvgIpc) is 2.78. The summed E-state index contributed by atoms with van der Waals surface area (Å²) in [4.78, 5) is 27.2. The number of aliphatic hydroxyl groups excluding tert-OH is 1. The molecule has 3 aliphatic carbocycles. The third-order valence-corrected chi connectivity index (χ3v) is 7.21. The molecule has 186 valence electrons. The zero-order valence-corrected chi connectivity index (χ0v) is 20.2. The number of nitrogens with one attached hydrogen (secondary N) is 2. The normalized spacial score (nSPS) is 25.9. The number of amides is 2. The maximum atomic E-state index is 13.5. The third-order valence-electron chi connectivity index (χ3n) is 6.66. The molecule has 11 heteroatoms. The summed E-state index contributed by atoms with van der Waals surface area (Å²) in [5.41, 5.74) is 0.0144. The highest BCUT2D eigenvalue weighted by molar-refractivity contribution is 6.31. The molecular weight excluding hydrogens is 500 g/mol. The van der Waals surface area contributed by atoms with Gasteiger partial charge in [-0.1, -0.05) is 23.2 Å². The highest BCUT2D eigenvalue weighted by atomic mass is 35.5. The van der Waals surface area contributed by atoms with Gasteiger partial charge in [0.2, 0.25) is 0 Å². The van der Waals surface area contributed by atoms with Crippen LogP contribution in [0.1, 0.15) is 19.3 Å². The van der Waals surface area contributed by atoms with Crippen LogP contribution < -0.4 is 25.0 Å². The van der Waals surface area contributed by atoms with E-state index in [1.807, 2.05) is 4.90 Å². The highest BCUT2D eigenvalue weighted by Crippen LogP contribution is 2.60. The van der Waals surface area contributed by atoms with Crippen LogP contribution in [-0.2, 0) is 9.59 Å². The summed E-state index contributed by atoms with van der Waals surface area (Å²) in [6.07, 6.45) is 1.12. The first-order valence-electron chi connectivity index (χ1n) is 11.2. The standard InChI is InChI=1S/C24H24Cl2FN3O5/c25-14-1-4-19-18(7-14)30(5-6-31)9-20(35-19)22(33)29-24-11-23(12-24,13-24)28-21(32)10-34-15-2-3-16(26)17(27)8-15/h1-4,7-8,20,31H,5-6,9-13H2,(H,28,32)(H,29,33). The van der Waals surface area contributed by atoms with Crippen molar-refractivity contribution in [1.82, 2.24) is 10.6 Å². The van der Waals surface area contributed by atoms with Crippen LogP contribution in [0.4, 0.5) is 10.1 Å². The number of ether oxygens (including phenoxy) is 2. The smallest absolute Gasteiger partial charge is 0.263 e. The maximum absolute atomic E-state index is 13.5. The number of aliphatic hydroxyl groups is 1. The van der Waals surface area contributed by atoms with Crippen molar-refractivity contribution in [2.75, 3.05) is 31.2 Å². The lowest BCUT2D eigenvalue weighted by atomic mass is 9.44. The molecule has 8 nitrogen and oxygen atoms in total. The SMILES string of the molecule is O=C(COc1ccc(Cl)c(F)c1)NC12CC(NC(=O)C3CN(CCO)c4cc(Cl)ccc4O3)(C1)C2. The minimum atomic E-state index is -0.733. The van der Waals surface area contributed by atoms with Gasteiger partial charge in [-0.25, -0.2) is 4.39 Å². The number of nitrogens with zero attached hydrogens (tertiary/aromatic N) is 1. The van der Waals surface area contributed by atoms with Gasteiger partial charge in [0.15, 0.2) is 12.7 Å². The van der Waals surface area contributed by atoms with E-state index in [2.05, 4.69) is 10.6 Å². The molecular formula is C24H24Cl2FN3O5. The van der Waals surface area contributed by atoms with Gasteiger partial charge in [0, 0.05) is 28.7 Å². The number of hydrogen-bond acceptors (Lipinski definition) is 6. The summed E-state index contributed by atoms with van der Waals surface area (Å²) >= 11 is 11.7. The van der Waals surface area contributed by atoms with E-state index in [0.717, 1.165) is 11.8 Å². The van der Waals surface area contributed by atoms with Gasteiger partial charge in [0.1, 0.15) is 17.3 Å². The zero-order valence-electron chi connectivity index (χ0n) is 18.7. The molecule has 1 unspecified atom stereocenters. The average molecular weight is 524 g/mol. The van der Waals surface area contributed by atoms with E-state index >= 15 is 0 Å². The molecule has 1 heterocycles. The molecule has 0 aromatic heterocycles. The summed E-state index contributed by atoms with van der Waals surface area (Å²) in [6.45, 7) is 0.331. The summed E-state index contributed by atoms with van der Waals surface area (Å²) in [5, 5.41) is 16.0. The van der Waals surface area contributed by atoms with E-state index < -0.39 is 11.9 Å². The molecule has 2 amide bonds. The minimum absolute atomic E-state index is 0.0173. The Balaban J connectivity index is 1.11. The Hall–Kier alpha value is -2.75. The summed E-state index contributed by atoms with van der Waals surface area (Å²) < 4.78 is 24.8. The van der Waals surface area contributed by atoms with Gasteiger partial charge in [0.25, 0.3) is 11.8 Å². The quantitative estimate of drug-likeness (QED) is 0.491. The molecule has 2 aromatic rings. The largest absolute Gasteiger partial charge is 0.484 e. The summed E-state index contributed by atoms with van der Waals surface area (Å²) in [7, 11) is 0. The molecule has 3 fully saturated rings. The fourth-order valence-corrected chi connectivity index (χ4v) is 5.52. The number of hydrogen-bond donors (Lipinski definition) is 3. The van der Waals surface area contributed by atoms with Gasteiger partial charge in [0.05, 0.1) is 23.9 Å². The van der Waals surface area contributed by atoms with Gasteiger partial charge in [-0.05, 0) is 49.6 Å². The second kappa shape index (κ2) is 9.04. The van der Waals surface area contributed by atoms with Crippen molar-refractivity contribution in [1.29, 1.82) is 0 Å². The number of rotatable bonds is 8. The monoisotopic (exact) mass is 523 g/mol. The van der Waals surface area contributed by atoms with Gasteiger partial charge in [-0.3, -0.25) is 9.59 Å². The molecule has 35 heavy (non-hydrogen) atoms. The Morgan fingerprint density at radius 1 is 1.14 bits per heavy atom. The van der Waals surface area contributed by atoms with Crippen molar-refractivity contribution in [3.8, 4) is 11.5 Å². The van der Waals surface area contributed by atoms with Gasteiger partial charge < -0.3 is 30.1 Å². The molecule has 0 saturated heterocycles. The summed E-state index contributed by atoms with van der Waals surface area (Å²) in [5.74, 6) is -0.409. The second-order valence-electron chi connectivity index (χ2n) is 9.38. The first-order valence-corrected chi connectivity index (χ1v) is 12.0. The maximum Gasteiger partial charge on any atom is 0.263 e. The number of benzene rings is 2. The van der Waals surface area contributed by atoms with Crippen LogP contribution >= 0.6 is 23.2 Å². The number of β-amino-alcohol motifs (C(OH)–C–C–N with tert-alkyl or cyclic N) is 1. The molecule has 2 aromatic carbocycles. The number of carbonyl (C=O) groups is 2. The number of halogens is 3. The van der Waals surface area contributed by atoms with E-state index in [1.54, 1.807) is 18.2 Å². The summed E-state index contributed by atoms with van der Waals surface area (Å²) in [6, 6.07) is 9.15. The van der Waals surface area contributed by atoms with Gasteiger partial charge in [-0.15, -0.1) is 0 Å². The molecule has 3 saturated carbocycles. The van der Waals surface area contributed by atoms with Crippen molar-refractivity contribution in [2.24, 2.45) is 0 Å². The van der Waals surface area contributed by atoms with Crippen molar-refractivity contribution in [3.63, 3.8) is 0 Å². The van der Waals surface area contributed by atoms with Crippen LogP contribution in [0.15, 0.2) is 36.4 Å². The third kappa shape index (κ3) is 4.72.